The SMILES string of the molecule is c1ccc2cc3c(cc2c1)c1c2c4ccccc4c4ccccc4c2ccc1n3-c1nc2c(nc1-c1ccc3c(c1)sc1ccccc13)oc1ccccc12. The van der Waals surface area contributed by atoms with Crippen LogP contribution in [0.4, 0.5) is 0 Å². The van der Waals surface area contributed by atoms with E-state index in [2.05, 4.69) is 150 Å². The lowest BCUT2D eigenvalue weighted by Crippen LogP contribution is -2.03. The van der Waals surface area contributed by atoms with Gasteiger partial charge in [0.15, 0.2) is 5.82 Å². The van der Waals surface area contributed by atoms with Crippen LogP contribution in [0.15, 0.2) is 168 Å². The monoisotopic (exact) mass is 717 g/mol. The molecule has 55 heavy (non-hydrogen) atoms. The molecule has 4 aromatic heterocycles. The van der Waals surface area contributed by atoms with E-state index in [0.717, 1.165) is 44.6 Å². The highest BCUT2D eigenvalue weighted by molar-refractivity contribution is 7.25. The number of fused-ring (bicyclic) bond motifs is 17. The fourth-order valence-electron chi connectivity index (χ4n) is 9.15. The van der Waals surface area contributed by atoms with Crippen molar-refractivity contribution in [2.45, 2.75) is 0 Å². The van der Waals surface area contributed by atoms with Gasteiger partial charge in [0.05, 0.1) is 11.0 Å². The summed E-state index contributed by atoms with van der Waals surface area (Å²) in [6.45, 7) is 0. The van der Waals surface area contributed by atoms with Crippen LogP contribution in [0.5, 0.6) is 0 Å². The Balaban J connectivity index is 1.24. The maximum absolute atomic E-state index is 6.42. The molecule has 0 aliphatic heterocycles. The maximum Gasteiger partial charge on any atom is 0.247 e. The summed E-state index contributed by atoms with van der Waals surface area (Å²) in [6, 6.07) is 59.1. The Morgan fingerprint density at radius 2 is 1.05 bits per heavy atom. The summed E-state index contributed by atoms with van der Waals surface area (Å²) in [4.78, 5) is 11.0. The molecule has 0 N–H and O–H groups in total. The minimum atomic E-state index is 0.533. The zero-order chi connectivity index (χ0) is 35.8. The highest BCUT2D eigenvalue weighted by Gasteiger charge is 2.24. The van der Waals surface area contributed by atoms with E-state index in [1.165, 1.54) is 74.0 Å². The molecule has 0 bridgehead atoms. The van der Waals surface area contributed by atoms with E-state index in [-0.39, 0.29) is 0 Å². The number of furan rings is 1. The third-order valence-corrected chi connectivity index (χ3v) is 12.7. The molecule has 0 aliphatic rings. The molecule has 0 atom stereocenters. The van der Waals surface area contributed by atoms with Crippen LogP contribution < -0.4 is 0 Å². The van der Waals surface area contributed by atoms with E-state index >= 15 is 0 Å². The first kappa shape index (κ1) is 29.4. The number of aromatic nitrogens is 3. The number of nitrogens with zero attached hydrogens (tertiary/aromatic N) is 3. The van der Waals surface area contributed by atoms with Crippen LogP contribution in [0.1, 0.15) is 0 Å². The fourth-order valence-corrected chi connectivity index (χ4v) is 10.3. The third-order valence-electron chi connectivity index (χ3n) is 11.6. The average Bonchev–Trinajstić information content (AvgIpc) is 3.90. The van der Waals surface area contributed by atoms with E-state index in [4.69, 9.17) is 14.4 Å². The van der Waals surface area contributed by atoms with Gasteiger partial charge in [-0.3, -0.25) is 4.57 Å². The van der Waals surface area contributed by atoms with Crippen molar-refractivity contribution >= 4 is 119 Å². The lowest BCUT2D eigenvalue weighted by Gasteiger charge is -2.14. The standard InChI is InChI=1S/C50H27N3OS/c1-2-12-29-26-41-39(25-28(29)11-1)46-40(24-23-37-33-15-4-3-13-31(33)32-14-5-6-17-36(32)45(37)46)53(41)49-47(52-50-48(51-49)38-18-7-9-19-42(38)54-50)30-21-22-35-34-16-8-10-20-43(34)55-44(35)27-30/h1-27H. The summed E-state index contributed by atoms with van der Waals surface area (Å²) in [6.07, 6.45) is 0. The van der Waals surface area contributed by atoms with Crippen LogP contribution in [0, 0.1) is 0 Å². The van der Waals surface area contributed by atoms with Crippen molar-refractivity contribution in [2.75, 3.05) is 0 Å². The summed E-state index contributed by atoms with van der Waals surface area (Å²) in [5, 5.41) is 15.8. The van der Waals surface area contributed by atoms with Crippen LogP contribution in [0.2, 0.25) is 0 Å². The van der Waals surface area contributed by atoms with Crippen molar-refractivity contribution in [2.24, 2.45) is 0 Å². The molecule has 0 radical (unpaired) electrons. The van der Waals surface area contributed by atoms with Crippen LogP contribution in [0.3, 0.4) is 0 Å². The van der Waals surface area contributed by atoms with Crippen molar-refractivity contribution in [3.8, 4) is 17.1 Å². The largest absolute Gasteiger partial charge is 0.436 e. The first-order valence-corrected chi connectivity index (χ1v) is 19.4. The van der Waals surface area contributed by atoms with E-state index < -0.39 is 0 Å². The second kappa shape index (κ2) is 10.8. The van der Waals surface area contributed by atoms with Crippen LogP contribution in [-0.4, -0.2) is 14.5 Å². The van der Waals surface area contributed by atoms with Crippen molar-refractivity contribution < 1.29 is 4.42 Å². The molecule has 0 unspecified atom stereocenters. The summed E-state index contributed by atoms with van der Waals surface area (Å²) in [5.41, 5.74) is 6.01. The van der Waals surface area contributed by atoms with Gasteiger partial charge in [-0.1, -0.05) is 121 Å². The van der Waals surface area contributed by atoms with E-state index in [0.29, 0.717) is 5.71 Å². The summed E-state index contributed by atoms with van der Waals surface area (Å²) in [7, 11) is 0. The minimum absolute atomic E-state index is 0.533. The number of benzene rings is 9. The normalized spacial score (nSPS) is 12.4. The highest BCUT2D eigenvalue weighted by atomic mass is 32.1. The molecule has 0 spiro atoms. The van der Waals surface area contributed by atoms with Crippen LogP contribution in [-0.2, 0) is 0 Å². The molecule has 13 aromatic rings. The van der Waals surface area contributed by atoms with Gasteiger partial charge in [-0.25, -0.2) is 9.97 Å². The van der Waals surface area contributed by atoms with Gasteiger partial charge in [-0.2, -0.15) is 0 Å². The van der Waals surface area contributed by atoms with Gasteiger partial charge in [-0.15, -0.1) is 11.3 Å². The molecule has 254 valence electrons. The molecule has 0 fully saturated rings. The van der Waals surface area contributed by atoms with Gasteiger partial charge in [0.2, 0.25) is 5.71 Å². The summed E-state index contributed by atoms with van der Waals surface area (Å²) in [5.74, 6) is 0.777. The molecule has 13 rings (SSSR count). The Bertz CT molecular complexity index is 3760. The van der Waals surface area contributed by atoms with Crippen molar-refractivity contribution in [1.29, 1.82) is 0 Å². The first-order chi connectivity index (χ1) is 27.3. The summed E-state index contributed by atoms with van der Waals surface area (Å²) < 4.78 is 11.3. The molecule has 0 amide bonds. The van der Waals surface area contributed by atoms with Crippen molar-refractivity contribution in [3.05, 3.63) is 164 Å². The Kier molecular flexibility index (Phi) is 5.74. The summed E-state index contributed by atoms with van der Waals surface area (Å²) >= 11 is 1.81. The maximum atomic E-state index is 6.42. The predicted molar refractivity (Wildman–Crippen MR) is 232 cm³/mol. The second-order valence-corrected chi connectivity index (χ2v) is 15.6. The minimum Gasteiger partial charge on any atom is -0.436 e. The Morgan fingerprint density at radius 3 is 1.87 bits per heavy atom. The van der Waals surface area contributed by atoms with E-state index in [1.807, 2.05) is 29.5 Å². The third kappa shape index (κ3) is 4.00. The molecule has 4 nitrogen and oxygen atoms in total. The lowest BCUT2D eigenvalue weighted by atomic mass is 9.91. The molecule has 0 saturated carbocycles. The number of hydrogen-bond donors (Lipinski definition) is 0. The number of thiophene rings is 1. The number of para-hydroxylation sites is 1. The second-order valence-electron chi connectivity index (χ2n) is 14.5. The first-order valence-electron chi connectivity index (χ1n) is 18.6. The zero-order valence-corrected chi connectivity index (χ0v) is 30.1. The molecule has 0 saturated heterocycles. The zero-order valence-electron chi connectivity index (χ0n) is 29.2. The Morgan fingerprint density at radius 1 is 0.436 bits per heavy atom. The average molecular weight is 718 g/mol. The van der Waals surface area contributed by atoms with Gasteiger partial charge >= 0.3 is 0 Å². The molecule has 9 aromatic carbocycles. The van der Waals surface area contributed by atoms with Gasteiger partial charge in [0, 0.05) is 47.3 Å². The lowest BCUT2D eigenvalue weighted by molar-refractivity contribution is 0.653. The number of rotatable bonds is 2. The quantitative estimate of drug-likeness (QED) is 0.167. The van der Waals surface area contributed by atoms with Crippen molar-refractivity contribution in [3.63, 3.8) is 0 Å². The Labute approximate surface area is 317 Å². The molecular weight excluding hydrogens is 691 g/mol. The van der Waals surface area contributed by atoms with Crippen LogP contribution in [0.25, 0.3) is 124 Å². The molecular formula is C50H27N3OS. The topological polar surface area (TPSA) is 43.9 Å². The van der Waals surface area contributed by atoms with Crippen LogP contribution >= 0.6 is 11.3 Å². The number of hydrogen-bond acceptors (Lipinski definition) is 4. The highest BCUT2D eigenvalue weighted by Crippen LogP contribution is 2.46. The molecule has 0 aliphatic carbocycles. The van der Waals surface area contributed by atoms with Gasteiger partial charge < -0.3 is 4.42 Å². The smallest absolute Gasteiger partial charge is 0.247 e. The van der Waals surface area contributed by atoms with Gasteiger partial charge in [0.25, 0.3) is 0 Å². The van der Waals surface area contributed by atoms with E-state index in [1.54, 1.807) is 0 Å². The molecule has 4 heterocycles. The van der Waals surface area contributed by atoms with Crippen molar-refractivity contribution in [1.82, 2.24) is 14.5 Å². The van der Waals surface area contributed by atoms with Gasteiger partial charge in [-0.05, 0) is 80.2 Å². The van der Waals surface area contributed by atoms with E-state index in [9.17, 15) is 0 Å². The van der Waals surface area contributed by atoms with Gasteiger partial charge in [0.1, 0.15) is 16.8 Å². The molecule has 5 heteroatoms. The predicted octanol–water partition coefficient (Wildman–Crippen LogP) is 14.1. The Hall–Kier alpha value is -7.08. The fraction of sp³-hybridized carbons (Fsp3) is 0.